The summed E-state index contributed by atoms with van der Waals surface area (Å²) in [5.74, 6) is 0. The van der Waals surface area contributed by atoms with E-state index in [4.69, 9.17) is 25.8 Å². The molecule has 2 N–H and O–H groups in total. The van der Waals surface area contributed by atoms with Gasteiger partial charge < -0.3 is 19.3 Å². The maximum Gasteiger partial charge on any atom is 0.322 e. The molecule has 0 aliphatic rings. The molecule has 1 unspecified atom stereocenters. The number of unbranched alkanes of at least 4 members (excludes halogenated alkanes) is 12. The average molecular weight is 565 g/mol. The normalized spacial score (nSPS) is 14.5. The van der Waals surface area contributed by atoms with E-state index in [-0.39, 0.29) is 0 Å². The van der Waals surface area contributed by atoms with Gasteiger partial charge in [-0.3, -0.25) is 4.52 Å². The summed E-state index contributed by atoms with van der Waals surface area (Å²) in [5.41, 5.74) is -2.00. The van der Waals surface area contributed by atoms with Gasteiger partial charge in [0.2, 0.25) is 0 Å². The van der Waals surface area contributed by atoms with Crippen molar-refractivity contribution in [1.82, 2.24) is 0 Å². The van der Waals surface area contributed by atoms with Crippen LogP contribution in [0.5, 0.6) is 0 Å². The molecule has 0 rings (SSSR count). The first-order valence-corrected chi connectivity index (χ1v) is 17.4. The molecule has 0 heterocycles. The lowest BCUT2D eigenvalue weighted by atomic mass is 9.60. The zero-order valence-corrected chi connectivity index (χ0v) is 27.2. The Hall–Kier alpha value is 0.190. The van der Waals surface area contributed by atoms with Crippen LogP contribution in [-0.2, 0) is 25.8 Å². The van der Waals surface area contributed by atoms with Gasteiger partial charge in [0.25, 0.3) is 0 Å². The van der Waals surface area contributed by atoms with Gasteiger partial charge in [0.15, 0.2) is 0 Å². The fourth-order valence-electron chi connectivity index (χ4n) is 5.60. The first-order chi connectivity index (χ1) is 17.2. The van der Waals surface area contributed by atoms with E-state index in [9.17, 15) is 9.79 Å². The van der Waals surface area contributed by atoms with Gasteiger partial charge in [0, 0.05) is 13.7 Å². The lowest BCUT2D eigenvalue weighted by Gasteiger charge is -2.56. The van der Waals surface area contributed by atoms with E-state index < -0.39 is 29.3 Å². The number of rotatable bonds is 22. The monoisotopic (exact) mass is 564 g/mol. The van der Waals surface area contributed by atoms with E-state index in [1.165, 1.54) is 77.0 Å². The molecule has 0 aromatic rings. The molecule has 0 amide bonds. The van der Waals surface area contributed by atoms with Crippen LogP contribution in [0.3, 0.4) is 0 Å². The molecule has 0 bridgehead atoms. The predicted molar refractivity (Wildman–Crippen MR) is 163 cm³/mol. The van der Waals surface area contributed by atoms with Crippen LogP contribution in [0.2, 0.25) is 0 Å². The van der Waals surface area contributed by atoms with Gasteiger partial charge in [-0.1, -0.05) is 118 Å². The van der Waals surface area contributed by atoms with E-state index in [1.807, 2.05) is 41.5 Å². The highest BCUT2D eigenvalue weighted by atomic mass is 32.5. The van der Waals surface area contributed by atoms with Crippen LogP contribution in [0.4, 0.5) is 0 Å². The Morgan fingerprint density at radius 3 is 1.57 bits per heavy atom. The highest BCUT2D eigenvalue weighted by Gasteiger charge is 2.59. The van der Waals surface area contributed by atoms with Crippen molar-refractivity contribution in [3.8, 4) is 0 Å². The van der Waals surface area contributed by atoms with E-state index in [1.54, 1.807) is 7.11 Å². The zero-order chi connectivity index (χ0) is 28.4. The number of allylic oxidation sites excluding steroid dienone is 2. The van der Waals surface area contributed by atoms with Crippen molar-refractivity contribution in [2.45, 2.75) is 150 Å². The fraction of sp³-hybridized carbons (Fsp3) is 0.933. The second-order valence-corrected chi connectivity index (χ2v) is 15.1. The van der Waals surface area contributed by atoms with E-state index >= 15 is 0 Å². The highest BCUT2D eigenvalue weighted by Crippen LogP contribution is 2.57. The Morgan fingerprint density at radius 1 is 0.730 bits per heavy atom. The summed E-state index contributed by atoms with van der Waals surface area (Å²) in [4.78, 5) is 20.2. The Morgan fingerprint density at radius 2 is 1.16 bits per heavy atom. The van der Waals surface area contributed by atoms with Gasteiger partial charge in [-0.15, -0.1) is 0 Å². The van der Waals surface area contributed by atoms with Crippen LogP contribution >= 0.6 is 6.72 Å². The molecule has 0 saturated heterocycles. The van der Waals surface area contributed by atoms with Crippen LogP contribution in [0.15, 0.2) is 12.2 Å². The third-order valence-corrected chi connectivity index (χ3v) is 8.05. The molecule has 222 valence electrons. The summed E-state index contributed by atoms with van der Waals surface area (Å²) >= 11 is 4.90. The molecular weight excluding hydrogens is 503 g/mol. The Bertz CT molecular complexity index is 619. The first kappa shape index (κ1) is 37.2. The largest absolute Gasteiger partial charge is 0.379 e. The lowest BCUT2D eigenvalue weighted by molar-refractivity contribution is -0.210. The van der Waals surface area contributed by atoms with Crippen molar-refractivity contribution in [3.05, 3.63) is 12.2 Å². The predicted octanol–water partition coefficient (Wildman–Crippen LogP) is 9.11. The summed E-state index contributed by atoms with van der Waals surface area (Å²) in [6, 6.07) is 0. The molecule has 0 aromatic heterocycles. The average Bonchev–Trinajstić information content (AvgIpc) is 2.77. The molecule has 1 atom stereocenters. The smallest absolute Gasteiger partial charge is 0.322 e. The summed E-state index contributed by atoms with van der Waals surface area (Å²) in [6.45, 7) is 11.4. The standard InChI is InChI=1S/C30H61O5PS/c1-9-10-11-12-13-14-15-16-17-18-19-20-21-22-23-24-25-34-26-27(33-8)30(28(2,3)4,29(5,6)7)35-36(31,32)37/h16-17,27H,9-15,18-26H2,1-8H3,(H2,31,32,37). The summed E-state index contributed by atoms with van der Waals surface area (Å²) in [6.07, 6.45) is 22.2. The van der Waals surface area contributed by atoms with Crippen molar-refractivity contribution in [3.63, 3.8) is 0 Å². The van der Waals surface area contributed by atoms with Crippen molar-refractivity contribution in [2.24, 2.45) is 10.8 Å². The first-order valence-electron chi connectivity index (χ1n) is 14.7. The molecule has 0 aromatic carbocycles. The van der Waals surface area contributed by atoms with E-state index in [2.05, 4.69) is 19.1 Å². The molecule has 0 fully saturated rings. The van der Waals surface area contributed by atoms with E-state index in [0.717, 1.165) is 12.8 Å². The summed E-state index contributed by atoms with van der Waals surface area (Å²) in [7, 11) is 1.62. The van der Waals surface area contributed by atoms with Gasteiger partial charge in [0.05, 0.1) is 6.61 Å². The minimum atomic E-state index is -3.93. The third kappa shape index (κ3) is 15.5. The van der Waals surface area contributed by atoms with Gasteiger partial charge in [-0.2, -0.15) is 0 Å². The maximum atomic E-state index is 10.1. The molecular formula is C30H61O5PS. The minimum Gasteiger partial charge on any atom is -0.379 e. The molecule has 0 aliphatic carbocycles. The van der Waals surface area contributed by atoms with Crippen molar-refractivity contribution >= 4 is 18.5 Å². The molecule has 0 spiro atoms. The molecule has 0 aliphatic heterocycles. The highest BCUT2D eigenvalue weighted by molar-refractivity contribution is 8.06. The van der Waals surface area contributed by atoms with Crippen LogP contribution in [-0.4, -0.2) is 41.8 Å². The number of hydrogen-bond donors (Lipinski definition) is 2. The van der Waals surface area contributed by atoms with Crippen LogP contribution < -0.4 is 0 Å². The molecule has 0 radical (unpaired) electrons. The zero-order valence-electron chi connectivity index (χ0n) is 25.5. The van der Waals surface area contributed by atoms with Crippen LogP contribution in [0.1, 0.15) is 138 Å². The molecule has 37 heavy (non-hydrogen) atoms. The second-order valence-electron chi connectivity index (χ2n) is 12.6. The molecule has 7 heteroatoms. The third-order valence-electron chi connectivity index (χ3n) is 7.30. The Balaban J connectivity index is 4.24. The topological polar surface area (TPSA) is 68.2 Å². The fourth-order valence-corrected chi connectivity index (χ4v) is 7.00. The Labute approximate surface area is 235 Å². The minimum absolute atomic E-state index is 0.311. The second kappa shape index (κ2) is 19.3. The summed E-state index contributed by atoms with van der Waals surface area (Å²) in [5, 5.41) is 0. The van der Waals surface area contributed by atoms with Crippen LogP contribution in [0.25, 0.3) is 0 Å². The van der Waals surface area contributed by atoms with Crippen LogP contribution in [0, 0.1) is 10.8 Å². The molecule has 0 saturated carbocycles. The van der Waals surface area contributed by atoms with Crippen molar-refractivity contribution < 1.29 is 23.8 Å². The summed E-state index contributed by atoms with van der Waals surface area (Å²) < 4.78 is 17.8. The number of ether oxygens (including phenoxy) is 2. The van der Waals surface area contributed by atoms with E-state index in [0.29, 0.717) is 13.2 Å². The quantitative estimate of drug-likeness (QED) is 0.0776. The Kier molecular flexibility index (Phi) is 19.4. The lowest BCUT2D eigenvalue weighted by Crippen LogP contribution is -2.64. The van der Waals surface area contributed by atoms with Gasteiger partial charge >= 0.3 is 6.72 Å². The molecule has 5 nitrogen and oxygen atoms in total. The van der Waals surface area contributed by atoms with Gasteiger partial charge in [-0.05, 0) is 54.7 Å². The number of methoxy groups -OCH3 is 1. The van der Waals surface area contributed by atoms with Crippen molar-refractivity contribution in [2.75, 3.05) is 20.3 Å². The van der Waals surface area contributed by atoms with Gasteiger partial charge in [0.1, 0.15) is 11.7 Å². The maximum absolute atomic E-state index is 10.1. The van der Waals surface area contributed by atoms with Gasteiger partial charge in [-0.25, -0.2) is 0 Å². The van der Waals surface area contributed by atoms with Crippen molar-refractivity contribution in [1.29, 1.82) is 0 Å². The number of hydrogen-bond acceptors (Lipinski definition) is 4. The SMILES string of the molecule is CCCCCCCCC=CCCCCCCCCOCC(OC)C(OP(O)(O)=S)(C(C)(C)C)C(C)(C)C.